The van der Waals surface area contributed by atoms with Crippen LogP contribution in [0.25, 0.3) is 0 Å². The van der Waals surface area contributed by atoms with Gasteiger partial charge in [-0.1, -0.05) is 0 Å². The maximum absolute atomic E-state index is 10.7. The molecule has 0 fully saturated rings. The maximum atomic E-state index is 10.7. The zero-order valence-corrected chi connectivity index (χ0v) is 10.3. The molecular formula is C8H18N2O2S2. The highest BCUT2D eigenvalue weighted by atomic mass is 32.2. The highest BCUT2D eigenvalue weighted by Gasteiger charge is 1.95. The standard InChI is InChI=1S/C8H18N2O2S2/c1-12-6-3-4-9-8(13)10-5-7-14(2)11/h3-7H2,1-2H3,(H2,9,10,13). The minimum Gasteiger partial charge on any atom is -0.385 e. The zero-order valence-electron chi connectivity index (χ0n) is 8.67. The highest BCUT2D eigenvalue weighted by molar-refractivity contribution is 7.84. The molecule has 0 rings (SSSR count). The van der Waals surface area contributed by atoms with Crippen LogP contribution in [0, 0.1) is 0 Å². The first-order valence-corrected chi connectivity index (χ1v) is 6.61. The number of nitrogens with one attached hydrogen (secondary N) is 2. The first kappa shape index (κ1) is 13.8. The lowest BCUT2D eigenvalue weighted by Crippen LogP contribution is -2.37. The Morgan fingerprint density at radius 3 is 2.64 bits per heavy atom. The van der Waals surface area contributed by atoms with Crippen molar-refractivity contribution in [1.29, 1.82) is 0 Å². The van der Waals surface area contributed by atoms with Crippen LogP contribution in [0.3, 0.4) is 0 Å². The molecule has 0 aliphatic rings. The highest BCUT2D eigenvalue weighted by Crippen LogP contribution is 1.78. The summed E-state index contributed by atoms with van der Waals surface area (Å²) in [6, 6.07) is 0. The molecule has 0 radical (unpaired) electrons. The predicted molar refractivity (Wildman–Crippen MR) is 64.0 cm³/mol. The van der Waals surface area contributed by atoms with Gasteiger partial charge in [0, 0.05) is 49.6 Å². The van der Waals surface area contributed by atoms with E-state index in [1.807, 2.05) is 0 Å². The van der Waals surface area contributed by atoms with Crippen LogP contribution < -0.4 is 10.6 Å². The van der Waals surface area contributed by atoms with Gasteiger partial charge >= 0.3 is 0 Å². The summed E-state index contributed by atoms with van der Waals surface area (Å²) in [7, 11) is 0.913. The van der Waals surface area contributed by atoms with E-state index in [-0.39, 0.29) is 0 Å². The maximum Gasteiger partial charge on any atom is 0.166 e. The van der Waals surface area contributed by atoms with Gasteiger partial charge in [0.15, 0.2) is 5.11 Å². The van der Waals surface area contributed by atoms with Gasteiger partial charge < -0.3 is 15.4 Å². The van der Waals surface area contributed by atoms with E-state index in [1.54, 1.807) is 13.4 Å². The smallest absolute Gasteiger partial charge is 0.166 e. The van der Waals surface area contributed by atoms with Crippen LogP contribution in [-0.2, 0) is 15.5 Å². The fourth-order valence-electron chi connectivity index (χ4n) is 0.789. The molecule has 4 nitrogen and oxygen atoms in total. The lowest BCUT2D eigenvalue weighted by Gasteiger charge is -2.09. The third-order valence-electron chi connectivity index (χ3n) is 1.49. The molecule has 0 saturated heterocycles. The molecule has 0 amide bonds. The van der Waals surface area contributed by atoms with Crippen molar-refractivity contribution in [1.82, 2.24) is 10.6 Å². The molecule has 0 saturated carbocycles. The average Bonchev–Trinajstić information content (AvgIpc) is 2.12. The van der Waals surface area contributed by atoms with Gasteiger partial charge in [0.05, 0.1) is 0 Å². The van der Waals surface area contributed by atoms with Crippen LogP contribution >= 0.6 is 12.2 Å². The largest absolute Gasteiger partial charge is 0.385 e. The van der Waals surface area contributed by atoms with Crippen LogP contribution in [0.15, 0.2) is 0 Å². The number of thiocarbonyl (C=S) groups is 1. The van der Waals surface area contributed by atoms with E-state index in [9.17, 15) is 4.21 Å². The Hall–Kier alpha value is -0.200. The number of rotatable bonds is 7. The second kappa shape index (κ2) is 9.36. The third kappa shape index (κ3) is 9.88. The minimum atomic E-state index is -0.761. The fourth-order valence-corrected chi connectivity index (χ4v) is 1.38. The van der Waals surface area contributed by atoms with Gasteiger partial charge in [0.25, 0.3) is 0 Å². The van der Waals surface area contributed by atoms with Crippen LogP contribution in [0.2, 0.25) is 0 Å². The van der Waals surface area contributed by atoms with E-state index in [0.29, 0.717) is 17.4 Å². The van der Waals surface area contributed by atoms with Crippen molar-refractivity contribution in [3.8, 4) is 0 Å². The van der Waals surface area contributed by atoms with Crippen LogP contribution in [0.4, 0.5) is 0 Å². The minimum absolute atomic E-state index is 0.617. The van der Waals surface area contributed by atoms with Gasteiger partial charge in [0.2, 0.25) is 0 Å². The molecule has 0 bridgehead atoms. The van der Waals surface area contributed by atoms with Gasteiger partial charge in [-0.3, -0.25) is 4.21 Å². The van der Waals surface area contributed by atoms with Gasteiger partial charge in [-0.25, -0.2) is 0 Å². The van der Waals surface area contributed by atoms with Crippen molar-refractivity contribution in [3.05, 3.63) is 0 Å². The second-order valence-electron chi connectivity index (χ2n) is 2.81. The van der Waals surface area contributed by atoms with E-state index in [0.717, 1.165) is 19.6 Å². The zero-order chi connectivity index (χ0) is 10.8. The lowest BCUT2D eigenvalue weighted by atomic mass is 10.4. The molecular weight excluding hydrogens is 220 g/mol. The Kier molecular flexibility index (Phi) is 9.23. The summed E-state index contributed by atoms with van der Waals surface area (Å²) in [5.74, 6) is 0.625. The molecule has 0 heterocycles. The van der Waals surface area contributed by atoms with Crippen molar-refractivity contribution in [2.24, 2.45) is 0 Å². The molecule has 0 spiro atoms. The molecule has 0 aliphatic carbocycles. The summed E-state index contributed by atoms with van der Waals surface area (Å²) < 4.78 is 15.6. The van der Waals surface area contributed by atoms with Crippen LogP contribution in [-0.4, -0.2) is 48.1 Å². The Morgan fingerprint density at radius 1 is 1.43 bits per heavy atom. The number of hydrogen-bond acceptors (Lipinski definition) is 3. The molecule has 6 heteroatoms. The Morgan fingerprint density at radius 2 is 2.07 bits per heavy atom. The third-order valence-corrected chi connectivity index (χ3v) is 2.55. The summed E-state index contributed by atoms with van der Waals surface area (Å²) in [6.07, 6.45) is 2.61. The normalized spacial score (nSPS) is 12.1. The summed E-state index contributed by atoms with van der Waals surface area (Å²) in [4.78, 5) is 0. The average molecular weight is 238 g/mol. The van der Waals surface area contributed by atoms with E-state index >= 15 is 0 Å². The van der Waals surface area contributed by atoms with Crippen molar-refractivity contribution < 1.29 is 8.95 Å². The molecule has 84 valence electrons. The Balaban J connectivity index is 3.24. The Bertz CT molecular complexity index is 188. The first-order chi connectivity index (χ1) is 6.66. The van der Waals surface area contributed by atoms with E-state index in [1.165, 1.54) is 0 Å². The molecule has 0 aromatic heterocycles. The van der Waals surface area contributed by atoms with Crippen molar-refractivity contribution in [2.45, 2.75) is 6.42 Å². The van der Waals surface area contributed by atoms with Crippen molar-refractivity contribution in [3.63, 3.8) is 0 Å². The summed E-state index contributed by atoms with van der Waals surface area (Å²) in [5, 5.41) is 6.63. The molecule has 2 N–H and O–H groups in total. The molecule has 1 unspecified atom stereocenters. The monoisotopic (exact) mass is 238 g/mol. The van der Waals surface area contributed by atoms with Crippen molar-refractivity contribution >= 4 is 28.1 Å². The van der Waals surface area contributed by atoms with Gasteiger partial charge in [-0.2, -0.15) is 0 Å². The quantitative estimate of drug-likeness (QED) is 0.478. The molecule has 0 aliphatic heterocycles. The van der Waals surface area contributed by atoms with Gasteiger partial charge in [-0.05, 0) is 18.6 Å². The topological polar surface area (TPSA) is 50.4 Å². The first-order valence-electron chi connectivity index (χ1n) is 4.47. The number of ether oxygens (including phenoxy) is 1. The Labute approximate surface area is 93.2 Å². The lowest BCUT2D eigenvalue weighted by molar-refractivity contribution is 0.195. The van der Waals surface area contributed by atoms with E-state index in [2.05, 4.69) is 10.6 Å². The summed E-state index contributed by atoms with van der Waals surface area (Å²) in [5.41, 5.74) is 0. The molecule has 1 atom stereocenters. The molecule has 14 heavy (non-hydrogen) atoms. The van der Waals surface area contributed by atoms with Gasteiger partial charge in [-0.15, -0.1) is 0 Å². The van der Waals surface area contributed by atoms with E-state index < -0.39 is 10.8 Å². The predicted octanol–water partition coefficient (Wildman–Crippen LogP) is -0.134. The summed E-state index contributed by atoms with van der Waals surface area (Å²) in [6.45, 7) is 2.18. The van der Waals surface area contributed by atoms with Gasteiger partial charge in [0.1, 0.15) is 0 Å². The fraction of sp³-hybridized carbons (Fsp3) is 0.875. The second-order valence-corrected chi connectivity index (χ2v) is 4.77. The van der Waals surface area contributed by atoms with E-state index in [4.69, 9.17) is 17.0 Å². The molecule has 0 aromatic carbocycles. The van der Waals surface area contributed by atoms with Crippen molar-refractivity contribution in [2.75, 3.05) is 38.8 Å². The number of hydrogen-bond donors (Lipinski definition) is 2. The summed E-state index contributed by atoms with van der Waals surface area (Å²) >= 11 is 4.99. The number of methoxy groups -OCH3 is 1. The van der Waals surface area contributed by atoms with Crippen LogP contribution in [0.5, 0.6) is 0 Å². The SMILES string of the molecule is COCCCNC(=S)NCCS(C)=O. The molecule has 0 aromatic rings. The van der Waals surface area contributed by atoms with Crippen LogP contribution in [0.1, 0.15) is 6.42 Å².